The van der Waals surface area contributed by atoms with Crippen LogP contribution in [0.1, 0.15) is 11.1 Å². The number of rotatable bonds is 4. The number of ether oxygens (including phenoxy) is 1. The molecule has 0 aliphatic carbocycles. The van der Waals surface area contributed by atoms with Gasteiger partial charge in [0, 0.05) is 16.5 Å². The van der Waals surface area contributed by atoms with Gasteiger partial charge in [0.05, 0.1) is 19.2 Å². The normalized spacial score (nSPS) is 10.8. The van der Waals surface area contributed by atoms with E-state index in [4.69, 9.17) is 4.74 Å². The molecule has 1 aromatic heterocycles. The van der Waals surface area contributed by atoms with Crippen molar-refractivity contribution in [2.75, 3.05) is 7.11 Å². The van der Waals surface area contributed by atoms with Crippen LogP contribution in [-0.4, -0.2) is 23.2 Å². The van der Waals surface area contributed by atoms with Gasteiger partial charge in [0.1, 0.15) is 5.75 Å². The van der Waals surface area contributed by atoms with E-state index in [1.165, 1.54) is 0 Å². The minimum absolute atomic E-state index is 0.0179. The summed E-state index contributed by atoms with van der Waals surface area (Å²) in [4.78, 5) is 14.6. The van der Waals surface area contributed by atoms with Gasteiger partial charge in [0.25, 0.3) is 0 Å². The molecule has 1 heterocycles. The molecule has 0 saturated carbocycles. The van der Waals surface area contributed by atoms with Gasteiger partial charge in [-0.2, -0.15) is 0 Å². The third kappa shape index (κ3) is 2.44. The van der Waals surface area contributed by atoms with E-state index < -0.39 is 5.97 Å². The van der Waals surface area contributed by atoms with Gasteiger partial charge in [-0.1, -0.05) is 30.3 Å². The topological polar surface area (TPSA) is 62.3 Å². The van der Waals surface area contributed by atoms with Crippen molar-refractivity contribution in [3.05, 3.63) is 53.6 Å². The van der Waals surface area contributed by atoms with Crippen molar-refractivity contribution in [1.82, 2.24) is 4.98 Å². The first-order chi connectivity index (χ1) is 10.6. The Labute approximate surface area is 128 Å². The van der Waals surface area contributed by atoms with Crippen LogP contribution in [-0.2, 0) is 11.2 Å². The highest BCUT2D eigenvalue weighted by molar-refractivity contribution is 5.95. The van der Waals surface area contributed by atoms with Gasteiger partial charge in [-0.3, -0.25) is 4.79 Å². The molecule has 2 aromatic carbocycles. The molecule has 0 atom stereocenters. The molecule has 0 aliphatic rings. The zero-order chi connectivity index (χ0) is 15.7. The summed E-state index contributed by atoms with van der Waals surface area (Å²) in [5, 5.41) is 10.2. The predicted octanol–water partition coefficient (Wildman–Crippen LogP) is 3.78. The first-order valence-corrected chi connectivity index (χ1v) is 7.06. The minimum Gasteiger partial charge on any atom is -0.497 e. The minimum atomic E-state index is -0.841. The zero-order valence-corrected chi connectivity index (χ0v) is 12.5. The molecular weight excluding hydrogens is 278 g/mol. The highest BCUT2D eigenvalue weighted by Crippen LogP contribution is 2.33. The number of H-pyrrole nitrogens is 1. The average molecular weight is 295 g/mol. The number of aryl methyl sites for hydroxylation is 1. The van der Waals surface area contributed by atoms with E-state index in [2.05, 4.69) is 4.98 Å². The van der Waals surface area contributed by atoms with Gasteiger partial charge in [-0.25, -0.2) is 0 Å². The van der Waals surface area contributed by atoms with Crippen LogP contribution in [0.15, 0.2) is 42.5 Å². The Balaban J connectivity index is 2.27. The molecule has 0 unspecified atom stereocenters. The van der Waals surface area contributed by atoms with E-state index in [0.717, 1.165) is 39.0 Å². The number of hydrogen-bond acceptors (Lipinski definition) is 2. The third-order valence-electron chi connectivity index (χ3n) is 3.84. The van der Waals surface area contributed by atoms with Crippen LogP contribution >= 0.6 is 0 Å². The fraction of sp³-hybridized carbons (Fsp3) is 0.167. The lowest BCUT2D eigenvalue weighted by molar-refractivity contribution is -0.136. The average Bonchev–Trinajstić information content (AvgIpc) is 2.87. The molecular formula is C18H17NO3. The number of methoxy groups -OCH3 is 1. The maximum absolute atomic E-state index is 11.3. The second kappa shape index (κ2) is 5.56. The van der Waals surface area contributed by atoms with Gasteiger partial charge >= 0.3 is 5.97 Å². The van der Waals surface area contributed by atoms with Crippen molar-refractivity contribution < 1.29 is 14.6 Å². The number of aromatic nitrogens is 1. The summed E-state index contributed by atoms with van der Waals surface area (Å²) in [6, 6.07) is 13.6. The van der Waals surface area contributed by atoms with Crippen molar-refractivity contribution in [3.63, 3.8) is 0 Å². The molecule has 4 heteroatoms. The fourth-order valence-electron chi connectivity index (χ4n) is 2.78. The summed E-state index contributed by atoms with van der Waals surface area (Å²) < 4.78 is 5.26. The largest absolute Gasteiger partial charge is 0.497 e. The quantitative estimate of drug-likeness (QED) is 0.770. The van der Waals surface area contributed by atoms with Crippen LogP contribution in [0, 0.1) is 6.92 Å². The van der Waals surface area contributed by atoms with Crippen molar-refractivity contribution in [1.29, 1.82) is 0 Å². The van der Waals surface area contributed by atoms with E-state index in [1.807, 2.05) is 49.4 Å². The summed E-state index contributed by atoms with van der Waals surface area (Å²) in [6.45, 7) is 2.01. The standard InChI is InChI=1S/C18H17NO3/c1-11-5-3-8-14-15(10-16(20)21)18(19-17(11)14)12-6-4-7-13(9-12)22-2/h3-9,19H,10H2,1-2H3,(H,20,21). The molecule has 4 nitrogen and oxygen atoms in total. The van der Waals surface area contributed by atoms with Crippen LogP contribution < -0.4 is 4.74 Å². The first-order valence-electron chi connectivity index (χ1n) is 7.06. The summed E-state index contributed by atoms with van der Waals surface area (Å²) in [5.74, 6) is -0.0966. The maximum Gasteiger partial charge on any atom is 0.307 e. The van der Waals surface area contributed by atoms with Crippen molar-refractivity contribution in [2.45, 2.75) is 13.3 Å². The van der Waals surface area contributed by atoms with Crippen LogP contribution in [0.4, 0.5) is 0 Å². The first kappa shape index (κ1) is 14.2. The fourth-order valence-corrected chi connectivity index (χ4v) is 2.78. The van der Waals surface area contributed by atoms with Crippen molar-refractivity contribution in [2.24, 2.45) is 0 Å². The van der Waals surface area contributed by atoms with Crippen LogP contribution in [0.25, 0.3) is 22.2 Å². The highest BCUT2D eigenvalue weighted by atomic mass is 16.5. The Bertz CT molecular complexity index is 849. The molecule has 0 spiro atoms. The summed E-state index contributed by atoms with van der Waals surface area (Å²) in [5.41, 5.74) is 4.64. The Morgan fingerprint density at radius 2 is 2.00 bits per heavy atom. The molecule has 0 radical (unpaired) electrons. The molecule has 22 heavy (non-hydrogen) atoms. The molecule has 112 valence electrons. The molecule has 0 amide bonds. The van der Waals surface area contributed by atoms with Gasteiger partial charge in [0.15, 0.2) is 0 Å². The van der Waals surface area contributed by atoms with Gasteiger partial charge < -0.3 is 14.8 Å². The number of carboxylic acid groups (broad SMARTS) is 1. The van der Waals surface area contributed by atoms with Crippen LogP contribution in [0.3, 0.4) is 0 Å². The number of aromatic amines is 1. The molecule has 0 fully saturated rings. The summed E-state index contributed by atoms with van der Waals surface area (Å²) >= 11 is 0. The van der Waals surface area contributed by atoms with Crippen LogP contribution in [0.5, 0.6) is 5.75 Å². The van der Waals surface area contributed by atoms with Crippen LogP contribution in [0.2, 0.25) is 0 Å². The second-order valence-electron chi connectivity index (χ2n) is 5.28. The number of hydrogen-bond donors (Lipinski definition) is 2. The molecule has 0 bridgehead atoms. The Kier molecular flexibility index (Phi) is 3.59. The lowest BCUT2D eigenvalue weighted by atomic mass is 10.0. The van der Waals surface area contributed by atoms with Crippen molar-refractivity contribution in [3.8, 4) is 17.0 Å². The van der Waals surface area contributed by atoms with Gasteiger partial charge in [-0.05, 0) is 30.2 Å². The van der Waals surface area contributed by atoms with Gasteiger partial charge in [0.2, 0.25) is 0 Å². The number of aliphatic carboxylic acids is 1. The molecule has 0 aliphatic heterocycles. The van der Waals surface area contributed by atoms with E-state index in [9.17, 15) is 9.90 Å². The molecule has 2 N–H and O–H groups in total. The highest BCUT2D eigenvalue weighted by Gasteiger charge is 2.17. The number of carbonyl (C=O) groups is 1. The number of carboxylic acids is 1. The number of nitrogens with one attached hydrogen (secondary N) is 1. The molecule has 3 rings (SSSR count). The number of para-hydroxylation sites is 1. The molecule has 0 saturated heterocycles. The predicted molar refractivity (Wildman–Crippen MR) is 86.4 cm³/mol. The van der Waals surface area contributed by atoms with E-state index in [1.54, 1.807) is 7.11 Å². The smallest absolute Gasteiger partial charge is 0.307 e. The van der Waals surface area contributed by atoms with E-state index in [-0.39, 0.29) is 6.42 Å². The summed E-state index contributed by atoms with van der Waals surface area (Å²) in [7, 11) is 1.62. The zero-order valence-electron chi connectivity index (χ0n) is 12.5. The van der Waals surface area contributed by atoms with E-state index in [0.29, 0.717) is 0 Å². The van der Waals surface area contributed by atoms with Gasteiger partial charge in [-0.15, -0.1) is 0 Å². The summed E-state index contributed by atoms with van der Waals surface area (Å²) in [6.07, 6.45) is -0.0179. The Morgan fingerprint density at radius 1 is 1.23 bits per heavy atom. The lowest BCUT2D eigenvalue weighted by Gasteiger charge is -2.05. The Hall–Kier alpha value is -2.75. The SMILES string of the molecule is COc1cccc(-c2[nH]c3c(C)cccc3c2CC(=O)O)c1. The Morgan fingerprint density at radius 3 is 2.73 bits per heavy atom. The maximum atomic E-state index is 11.3. The number of fused-ring (bicyclic) bond motifs is 1. The molecule has 3 aromatic rings. The third-order valence-corrected chi connectivity index (χ3v) is 3.84. The number of benzene rings is 2. The lowest BCUT2D eigenvalue weighted by Crippen LogP contribution is -2.01. The van der Waals surface area contributed by atoms with E-state index >= 15 is 0 Å². The monoisotopic (exact) mass is 295 g/mol. The van der Waals surface area contributed by atoms with Crippen molar-refractivity contribution >= 4 is 16.9 Å². The second-order valence-corrected chi connectivity index (χ2v) is 5.28.